The van der Waals surface area contributed by atoms with Crippen molar-refractivity contribution in [3.63, 3.8) is 0 Å². The second kappa shape index (κ2) is 15.3. The first kappa shape index (κ1) is 30.2. The molecule has 2 aromatic heterocycles. The van der Waals surface area contributed by atoms with Gasteiger partial charge in [-0.25, -0.2) is 0 Å². The van der Waals surface area contributed by atoms with Gasteiger partial charge >= 0.3 is 232 Å². The first-order valence-electron chi connectivity index (χ1n) is 11.9. The molecule has 0 aliphatic carbocycles. The molecule has 0 saturated heterocycles. The summed E-state index contributed by atoms with van der Waals surface area (Å²) < 4.78 is 40.3. The van der Waals surface area contributed by atoms with Crippen LogP contribution in [0.25, 0.3) is 11.2 Å². The number of para-hydroxylation sites is 1. The molecule has 210 valence electrons. The predicted octanol–water partition coefficient (Wildman–Crippen LogP) is -1.20. The van der Waals surface area contributed by atoms with E-state index in [4.69, 9.17) is 24.5 Å². The summed E-state index contributed by atoms with van der Waals surface area (Å²) in [6.45, 7) is 5.46. The van der Waals surface area contributed by atoms with Crippen LogP contribution in [0.2, 0.25) is 0 Å². The van der Waals surface area contributed by atoms with Crippen molar-refractivity contribution < 1.29 is 49.0 Å². The number of fused-ring (bicyclic) bond motifs is 1. The van der Waals surface area contributed by atoms with E-state index in [0.29, 0.717) is 42.5 Å². The van der Waals surface area contributed by atoms with Crippen LogP contribution in [0.1, 0.15) is 13.8 Å². The Kier molecular flexibility index (Phi) is 12.1. The fourth-order valence-corrected chi connectivity index (χ4v) is 9.42. The molecule has 0 amide bonds. The Morgan fingerprint density at radius 3 is 2.66 bits per heavy atom. The number of carbonyl (C=O) groups is 1. The number of nitrogens with two attached hydrogens (primary N) is 1. The minimum atomic E-state index is -3.21. The molecule has 0 aliphatic rings. The van der Waals surface area contributed by atoms with Crippen LogP contribution in [0.3, 0.4) is 0 Å². The molecule has 0 saturated carbocycles. The number of hydrogen-bond acceptors (Lipinski definition) is 12. The number of esters is 1. The van der Waals surface area contributed by atoms with Gasteiger partial charge in [0.1, 0.15) is 0 Å². The Labute approximate surface area is 231 Å². The molecule has 15 heteroatoms. The van der Waals surface area contributed by atoms with Crippen molar-refractivity contribution in [2.45, 2.75) is 32.5 Å². The van der Waals surface area contributed by atoms with Gasteiger partial charge in [-0.2, -0.15) is 0 Å². The molecule has 38 heavy (non-hydrogen) atoms. The Morgan fingerprint density at radius 1 is 1.13 bits per heavy atom. The van der Waals surface area contributed by atoms with Gasteiger partial charge in [0.05, 0.1) is 0 Å². The number of imidazole rings is 1. The second-order valence-corrected chi connectivity index (χ2v) is 16.6. The Bertz CT molecular complexity index is 1200. The van der Waals surface area contributed by atoms with Gasteiger partial charge in [0.15, 0.2) is 0 Å². The summed E-state index contributed by atoms with van der Waals surface area (Å²) >= 11 is -1.25. The number of carbonyl (C=O) groups excluding carboxylic acids is 1. The number of benzene rings is 1. The predicted molar refractivity (Wildman–Crippen MR) is 138 cm³/mol. The number of methoxy groups -OCH3 is 1. The van der Waals surface area contributed by atoms with Crippen LogP contribution in [0.4, 0.5) is 5.82 Å². The van der Waals surface area contributed by atoms with Crippen LogP contribution < -0.4 is 40.0 Å². The number of ether oxygens (including phenoxy) is 3. The molecule has 0 radical (unpaired) electrons. The van der Waals surface area contributed by atoms with Crippen LogP contribution in [0.5, 0.6) is 5.75 Å². The number of anilines is 1. The van der Waals surface area contributed by atoms with E-state index in [1.165, 1.54) is 6.33 Å². The van der Waals surface area contributed by atoms with Crippen molar-refractivity contribution in [1.29, 1.82) is 0 Å². The van der Waals surface area contributed by atoms with E-state index in [1.54, 1.807) is 32.5 Å². The Balaban J connectivity index is 1.56. The number of aromatic nitrogens is 4. The van der Waals surface area contributed by atoms with Crippen molar-refractivity contribution >= 4 is 28.0 Å². The third-order valence-electron chi connectivity index (χ3n) is 5.11. The SMILES string of the molecule is COCCOCCOC(=O)[C@H](C)N[I-][P@](=O)(CN[C@H](C)Cn1cnc2c(N)ncnc21)Oc1ccccc1. The molecule has 3 atom stereocenters. The fourth-order valence-electron chi connectivity index (χ4n) is 3.14. The maximum absolute atomic E-state index is 13.9. The molecule has 2 heterocycles. The van der Waals surface area contributed by atoms with Crippen LogP contribution in [0, 0.1) is 0 Å². The molecule has 0 spiro atoms. The average molecular weight is 662 g/mol. The zero-order valence-electron chi connectivity index (χ0n) is 21.6. The minimum absolute atomic E-state index is 0.0965. The van der Waals surface area contributed by atoms with E-state index in [-0.39, 0.29) is 25.5 Å². The summed E-state index contributed by atoms with van der Waals surface area (Å²) in [6.07, 6.45) is 3.16. The number of nitrogens with one attached hydrogen (secondary N) is 2. The molecule has 0 aliphatic heterocycles. The summed E-state index contributed by atoms with van der Waals surface area (Å²) in [7, 11) is 1.59. The second-order valence-electron chi connectivity index (χ2n) is 8.27. The summed E-state index contributed by atoms with van der Waals surface area (Å²) in [5.41, 5.74) is 7.04. The maximum atomic E-state index is 13.9. The summed E-state index contributed by atoms with van der Waals surface area (Å²) in [6, 6.07) is 8.25. The number of nitrogens with zero attached hydrogens (tertiary/aromatic N) is 4. The van der Waals surface area contributed by atoms with Gasteiger partial charge in [0, 0.05) is 0 Å². The third-order valence-corrected chi connectivity index (χ3v) is 12.1. The molecule has 0 unspecified atom stereocenters. The van der Waals surface area contributed by atoms with Gasteiger partial charge < -0.3 is 0 Å². The van der Waals surface area contributed by atoms with Gasteiger partial charge in [0.25, 0.3) is 0 Å². The Morgan fingerprint density at radius 2 is 1.89 bits per heavy atom. The van der Waals surface area contributed by atoms with Crippen molar-refractivity contribution in [2.24, 2.45) is 0 Å². The molecule has 13 nitrogen and oxygen atoms in total. The molecule has 3 rings (SSSR count). The zero-order valence-corrected chi connectivity index (χ0v) is 24.6. The quantitative estimate of drug-likeness (QED) is 0.0521. The van der Waals surface area contributed by atoms with Gasteiger partial charge in [0.2, 0.25) is 0 Å². The molecular weight excluding hydrogens is 628 g/mol. The number of hydrogen-bond donors (Lipinski definition) is 3. The van der Waals surface area contributed by atoms with Crippen molar-refractivity contribution in [1.82, 2.24) is 28.4 Å². The van der Waals surface area contributed by atoms with Gasteiger partial charge in [-0.3, -0.25) is 0 Å². The van der Waals surface area contributed by atoms with Gasteiger partial charge in [-0.15, -0.1) is 0 Å². The van der Waals surface area contributed by atoms with E-state index in [2.05, 4.69) is 23.8 Å². The van der Waals surface area contributed by atoms with E-state index in [0.717, 1.165) is 0 Å². The summed E-state index contributed by atoms with van der Waals surface area (Å²) in [5.74, 6) is 0.376. The van der Waals surface area contributed by atoms with Crippen LogP contribution >= 0.6 is 5.01 Å². The molecule has 0 fully saturated rings. The fraction of sp³-hybridized carbons (Fsp3) is 0.478. The average Bonchev–Trinajstić information content (AvgIpc) is 3.32. The number of halogens is 1. The first-order valence-corrected chi connectivity index (χ1v) is 17.6. The Hall–Kier alpha value is -2.36. The molecule has 4 N–H and O–H groups in total. The van der Waals surface area contributed by atoms with E-state index < -0.39 is 38.0 Å². The van der Waals surface area contributed by atoms with Crippen molar-refractivity contribution in [3.05, 3.63) is 43.0 Å². The van der Waals surface area contributed by atoms with Gasteiger partial charge in [-0.1, -0.05) is 0 Å². The molecule has 1 aromatic carbocycles. The molecular formula is C23H34IN7O6P-. The number of rotatable bonds is 17. The van der Waals surface area contributed by atoms with Crippen LogP contribution in [0.15, 0.2) is 43.0 Å². The summed E-state index contributed by atoms with van der Waals surface area (Å²) in [5, 5.41) is 0.0979. The first-order chi connectivity index (χ1) is 18.3. The zero-order chi connectivity index (χ0) is 27.4. The van der Waals surface area contributed by atoms with Crippen molar-refractivity contribution in [2.75, 3.05) is 45.6 Å². The van der Waals surface area contributed by atoms with Crippen LogP contribution in [-0.2, 0) is 30.1 Å². The van der Waals surface area contributed by atoms with E-state index in [9.17, 15) is 9.36 Å². The van der Waals surface area contributed by atoms with E-state index >= 15 is 0 Å². The molecule has 0 bridgehead atoms. The van der Waals surface area contributed by atoms with Crippen LogP contribution in [-0.4, -0.2) is 77.4 Å². The topological polar surface area (TPSA) is 165 Å². The van der Waals surface area contributed by atoms with Gasteiger partial charge in [-0.05, 0) is 0 Å². The van der Waals surface area contributed by atoms with E-state index in [1.807, 2.05) is 29.7 Å². The third kappa shape index (κ3) is 9.43. The monoisotopic (exact) mass is 662 g/mol. The molecule has 3 aromatic rings. The van der Waals surface area contributed by atoms with Crippen molar-refractivity contribution in [3.8, 4) is 5.75 Å². The standard InChI is InChI=1S/C23H34IN7O6P/c1-17(13-31-15-28-20-21(25)26-14-27-22(20)31)29-16-38(33,37-19-7-5-4-6-8-19)24-30-18(2)23(32)36-12-11-35-10-9-34-3/h4-8,14-15,17-18,29-30H,9-13,16H2,1-3H3,(H2,25,26,27)/q-1/t17-,18+,38+/m1/s1. The number of nitrogen functional groups attached to an aromatic ring is 1. The summed E-state index contributed by atoms with van der Waals surface area (Å²) in [4.78, 5) is 24.9. The normalized spacial score (nSPS) is 14.7.